The fourth-order valence-corrected chi connectivity index (χ4v) is 5.52. The predicted molar refractivity (Wildman–Crippen MR) is 151 cm³/mol. The van der Waals surface area contributed by atoms with Crippen molar-refractivity contribution in [1.29, 1.82) is 0 Å². The molecule has 1 rings (SSSR count). The Morgan fingerprint density at radius 1 is 0.974 bits per heavy atom. The Morgan fingerprint density at radius 2 is 1.46 bits per heavy atom. The van der Waals surface area contributed by atoms with Gasteiger partial charge in [-0.1, -0.05) is 85.0 Å². The Bertz CT molecular complexity index is 1030. The second kappa shape index (κ2) is 13.0. The molecule has 5 nitrogen and oxygen atoms in total. The zero-order valence-electron chi connectivity index (χ0n) is 25.0. The van der Waals surface area contributed by atoms with Crippen molar-refractivity contribution in [3.63, 3.8) is 0 Å². The third-order valence-electron chi connectivity index (χ3n) is 7.78. The normalized spacial score (nSPS) is 17.4. The van der Waals surface area contributed by atoms with Crippen LogP contribution in [0.15, 0.2) is 54.6 Å². The highest BCUT2D eigenvalue weighted by Crippen LogP contribution is 2.44. The first-order chi connectivity index (χ1) is 17.7. The molecule has 0 aromatic heterocycles. The molecule has 1 aromatic rings. The van der Waals surface area contributed by atoms with Gasteiger partial charge in [-0.2, -0.15) is 13.2 Å². The van der Waals surface area contributed by atoms with Gasteiger partial charge in [-0.3, -0.25) is 4.79 Å². The molecule has 5 atom stereocenters. The van der Waals surface area contributed by atoms with Gasteiger partial charge in [0, 0.05) is 18.6 Å². The zero-order valence-corrected chi connectivity index (χ0v) is 26.0. The molecule has 1 unspecified atom stereocenters. The SMILES string of the molecule is C=C(CC)[C@@H](O[Si](C)(C)C(C)(C)C)[C@H](C)C(=O)[C@H](C)[C@@H](OC(=O)C(OC)(c1ccccc1)C(F)(F)F)C(=C)C. The van der Waals surface area contributed by atoms with Gasteiger partial charge in [0.1, 0.15) is 11.9 Å². The Morgan fingerprint density at radius 3 is 1.85 bits per heavy atom. The lowest BCUT2D eigenvalue weighted by Crippen LogP contribution is -2.53. The van der Waals surface area contributed by atoms with Crippen molar-refractivity contribution in [3.05, 3.63) is 60.2 Å². The second-order valence-electron chi connectivity index (χ2n) is 11.7. The van der Waals surface area contributed by atoms with Crippen LogP contribution in [0.1, 0.15) is 60.5 Å². The number of Topliss-reactive ketones (excluding diaryl/α,β-unsaturated/α-hetero) is 1. The van der Waals surface area contributed by atoms with E-state index in [1.807, 2.05) is 6.92 Å². The van der Waals surface area contributed by atoms with Gasteiger partial charge >= 0.3 is 12.1 Å². The van der Waals surface area contributed by atoms with Gasteiger partial charge in [-0.05, 0) is 42.6 Å². The summed E-state index contributed by atoms with van der Waals surface area (Å²) in [5.74, 6) is -3.69. The highest BCUT2D eigenvalue weighted by molar-refractivity contribution is 6.74. The largest absolute Gasteiger partial charge is 0.454 e. The molecule has 0 saturated heterocycles. The van der Waals surface area contributed by atoms with Crippen LogP contribution < -0.4 is 0 Å². The number of halogens is 3. The van der Waals surface area contributed by atoms with E-state index in [2.05, 4.69) is 47.0 Å². The molecular weight excluding hydrogens is 525 g/mol. The monoisotopic (exact) mass is 570 g/mol. The van der Waals surface area contributed by atoms with Crippen molar-refractivity contribution in [2.24, 2.45) is 11.8 Å². The van der Waals surface area contributed by atoms with Crippen LogP contribution in [-0.2, 0) is 29.1 Å². The van der Waals surface area contributed by atoms with Crippen molar-refractivity contribution >= 4 is 20.1 Å². The summed E-state index contributed by atoms with van der Waals surface area (Å²) >= 11 is 0. The molecule has 0 bridgehead atoms. The van der Waals surface area contributed by atoms with Gasteiger partial charge in [0.15, 0.2) is 8.32 Å². The molecule has 0 fully saturated rings. The third kappa shape index (κ3) is 7.49. The first kappa shape index (κ1) is 34.8. The lowest BCUT2D eigenvalue weighted by molar-refractivity contribution is -0.278. The maximum absolute atomic E-state index is 14.4. The number of esters is 1. The number of carbonyl (C=O) groups excluding carboxylic acids is 2. The van der Waals surface area contributed by atoms with E-state index in [1.165, 1.54) is 32.0 Å². The van der Waals surface area contributed by atoms with Crippen molar-refractivity contribution in [3.8, 4) is 0 Å². The standard InChI is InChI=1S/C30H45F3O5Si/c1-13-20(4)26(38-39(11,12)28(7,8)9)22(6)24(34)21(5)25(19(2)3)37-27(35)29(36-10,30(31,32)33)23-17-15-14-16-18-23/h14-18,21-22,25-26H,2,4,13H2,1,3,5-12H3/t21-,22+,25-,26+,29?/m0/s1. The van der Waals surface area contributed by atoms with Crippen LogP contribution in [0.5, 0.6) is 0 Å². The summed E-state index contributed by atoms with van der Waals surface area (Å²) in [6.07, 6.45) is -6.47. The average Bonchev–Trinajstić information content (AvgIpc) is 2.83. The Kier molecular flexibility index (Phi) is 11.6. The molecule has 220 valence electrons. The molecule has 0 N–H and O–H groups in total. The molecule has 9 heteroatoms. The van der Waals surface area contributed by atoms with Gasteiger partial charge in [-0.25, -0.2) is 4.79 Å². The summed E-state index contributed by atoms with van der Waals surface area (Å²) < 4.78 is 60.1. The molecule has 0 aliphatic rings. The fourth-order valence-electron chi connectivity index (χ4n) is 4.16. The van der Waals surface area contributed by atoms with Crippen LogP contribution in [0.4, 0.5) is 13.2 Å². The van der Waals surface area contributed by atoms with Gasteiger partial charge in [0.25, 0.3) is 5.60 Å². The van der Waals surface area contributed by atoms with E-state index in [-0.39, 0.29) is 16.4 Å². The van der Waals surface area contributed by atoms with Crippen LogP contribution in [0, 0.1) is 11.8 Å². The summed E-state index contributed by atoms with van der Waals surface area (Å²) in [7, 11) is -1.51. The third-order valence-corrected chi connectivity index (χ3v) is 12.2. The van der Waals surface area contributed by atoms with Crippen LogP contribution in [0.3, 0.4) is 0 Å². The molecule has 0 aliphatic carbocycles. The van der Waals surface area contributed by atoms with E-state index >= 15 is 0 Å². The number of alkyl halides is 3. The lowest BCUT2D eigenvalue weighted by Gasteiger charge is -2.42. The van der Waals surface area contributed by atoms with Gasteiger partial charge in [-0.15, -0.1) is 0 Å². The summed E-state index contributed by atoms with van der Waals surface area (Å²) in [5.41, 5.74) is -2.83. The van der Waals surface area contributed by atoms with E-state index in [4.69, 9.17) is 13.9 Å². The van der Waals surface area contributed by atoms with Crippen LogP contribution in [0.25, 0.3) is 0 Å². The molecule has 0 heterocycles. The number of rotatable bonds is 13. The Hall–Kier alpha value is -2.23. The first-order valence-corrected chi connectivity index (χ1v) is 16.0. The van der Waals surface area contributed by atoms with Gasteiger partial charge in [0.05, 0.1) is 12.0 Å². The van der Waals surface area contributed by atoms with Crippen molar-refractivity contribution < 1.29 is 36.7 Å². The van der Waals surface area contributed by atoms with Crippen LogP contribution in [0.2, 0.25) is 18.1 Å². The number of ether oxygens (including phenoxy) is 2. The number of carbonyl (C=O) groups is 2. The van der Waals surface area contributed by atoms with E-state index in [1.54, 1.807) is 6.92 Å². The Balaban J connectivity index is 3.43. The van der Waals surface area contributed by atoms with E-state index in [0.29, 0.717) is 6.42 Å². The van der Waals surface area contributed by atoms with Crippen molar-refractivity contribution in [2.75, 3.05) is 7.11 Å². The van der Waals surface area contributed by atoms with Gasteiger partial charge in [0.2, 0.25) is 0 Å². The fraction of sp³-hybridized carbons (Fsp3) is 0.600. The smallest absolute Gasteiger partial charge is 0.432 e. The Labute approximate surface area is 232 Å². The summed E-state index contributed by atoms with van der Waals surface area (Å²) in [6, 6.07) is 6.55. The number of benzene rings is 1. The minimum Gasteiger partial charge on any atom is -0.454 e. The topological polar surface area (TPSA) is 61.8 Å². The molecule has 0 aliphatic heterocycles. The highest BCUT2D eigenvalue weighted by atomic mass is 28.4. The molecule has 0 saturated carbocycles. The second-order valence-corrected chi connectivity index (χ2v) is 16.5. The molecule has 39 heavy (non-hydrogen) atoms. The summed E-state index contributed by atoms with van der Waals surface area (Å²) in [4.78, 5) is 27.1. The number of methoxy groups -OCH3 is 1. The van der Waals surface area contributed by atoms with E-state index in [0.717, 1.165) is 24.8 Å². The molecule has 0 radical (unpaired) electrons. The summed E-state index contributed by atoms with van der Waals surface area (Å²) in [5, 5.41) is -0.123. The van der Waals surface area contributed by atoms with Crippen LogP contribution in [-0.4, -0.2) is 45.6 Å². The first-order valence-electron chi connectivity index (χ1n) is 13.1. The minimum atomic E-state index is -5.14. The molecule has 1 aromatic carbocycles. The highest BCUT2D eigenvalue weighted by Gasteiger charge is 2.64. The maximum atomic E-state index is 14.4. The summed E-state index contributed by atoms with van der Waals surface area (Å²) in [6.45, 7) is 25.0. The molecule has 0 amide bonds. The van der Waals surface area contributed by atoms with E-state index in [9.17, 15) is 22.8 Å². The predicted octanol–water partition coefficient (Wildman–Crippen LogP) is 7.78. The van der Waals surface area contributed by atoms with E-state index < -0.39 is 55.7 Å². The van der Waals surface area contributed by atoms with Crippen LogP contribution >= 0.6 is 0 Å². The number of hydrogen-bond acceptors (Lipinski definition) is 5. The molecule has 0 spiro atoms. The minimum absolute atomic E-state index is 0.123. The van der Waals surface area contributed by atoms with Crippen molar-refractivity contribution in [1.82, 2.24) is 0 Å². The maximum Gasteiger partial charge on any atom is 0.432 e. The number of hydrogen-bond donors (Lipinski definition) is 0. The molecular formula is C30H45F3O5Si. The van der Waals surface area contributed by atoms with Crippen molar-refractivity contribution in [2.45, 2.75) is 97.0 Å². The zero-order chi connectivity index (χ0) is 30.6. The van der Waals surface area contributed by atoms with Gasteiger partial charge < -0.3 is 13.9 Å². The quantitative estimate of drug-likeness (QED) is 0.138. The lowest BCUT2D eigenvalue weighted by atomic mass is 9.83. The average molecular weight is 571 g/mol. The number of ketones is 1.